The topological polar surface area (TPSA) is 161 Å². The summed E-state index contributed by atoms with van der Waals surface area (Å²) < 4.78 is 0. The van der Waals surface area contributed by atoms with Gasteiger partial charge >= 0.3 is 0 Å². The summed E-state index contributed by atoms with van der Waals surface area (Å²) in [5.74, 6) is -2.41. The quantitative estimate of drug-likeness (QED) is 0.190. The van der Waals surface area contributed by atoms with Gasteiger partial charge in [-0.3, -0.25) is 39.4 Å². The molecule has 0 fully saturated rings. The maximum Gasteiger partial charge on any atom is 0.270 e. The van der Waals surface area contributed by atoms with Gasteiger partial charge in [-0.05, 0) is 53.9 Å². The number of amides is 4. The van der Waals surface area contributed by atoms with E-state index in [2.05, 4.69) is 0 Å². The fourth-order valence-corrected chi connectivity index (χ4v) is 4.92. The number of carbonyl (C=O) groups excluding carboxylic acids is 4. The Balaban J connectivity index is 1.17. The zero-order chi connectivity index (χ0) is 29.0. The molecule has 4 aromatic carbocycles. The maximum absolute atomic E-state index is 12.9. The maximum atomic E-state index is 12.9. The van der Waals surface area contributed by atoms with Gasteiger partial charge in [0.05, 0.1) is 43.5 Å². The predicted molar refractivity (Wildman–Crippen MR) is 144 cm³/mol. The molecule has 12 heteroatoms. The van der Waals surface area contributed by atoms with Crippen molar-refractivity contribution in [2.24, 2.45) is 0 Å². The summed E-state index contributed by atoms with van der Waals surface area (Å²) in [6.45, 7) is 0. The molecule has 0 radical (unpaired) electrons. The Morgan fingerprint density at radius 2 is 0.829 bits per heavy atom. The van der Waals surface area contributed by atoms with Crippen LogP contribution in [0.4, 0.5) is 22.7 Å². The van der Waals surface area contributed by atoms with Crippen molar-refractivity contribution < 1.29 is 29.0 Å². The van der Waals surface area contributed by atoms with Crippen molar-refractivity contribution in [2.75, 3.05) is 9.80 Å². The van der Waals surface area contributed by atoms with Crippen molar-refractivity contribution >= 4 is 46.4 Å². The first-order valence-electron chi connectivity index (χ1n) is 12.2. The molecule has 4 amide bonds. The molecule has 4 aromatic rings. The molecule has 0 spiro atoms. The van der Waals surface area contributed by atoms with Crippen LogP contribution in [0.15, 0.2) is 84.9 Å². The van der Waals surface area contributed by atoms with Crippen LogP contribution < -0.4 is 9.80 Å². The van der Waals surface area contributed by atoms with E-state index in [9.17, 15) is 39.4 Å². The number of rotatable bonds is 6. The Labute approximate surface area is 230 Å². The summed E-state index contributed by atoms with van der Waals surface area (Å²) in [6, 6.07) is 20.5. The van der Waals surface area contributed by atoms with E-state index >= 15 is 0 Å². The average Bonchev–Trinajstić information content (AvgIpc) is 3.37. The van der Waals surface area contributed by atoms with Gasteiger partial charge in [-0.15, -0.1) is 0 Å². The third-order valence-corrected chi connectivity index (χ3v) is 6.96. The summed E-state index contributed by atoms with van der Waals surface area (Å²) in [6.07, 6.45) is 0.461. The van der Waals surface area contributed by atoms with Gasteiger partial charge in [0.2, 0.25) is 0 Å². The van der Waals surface area contributed by atoms with Crippen LogP contribution in [0.2, 0.25) is 0 Å². The molecule has 2 aliphatic heterocycles. The first-order valence-corrected chi connectivity index (χ1v) is 12.2. The van der Waals surface area contributed by atoms with E-state index in [1.165, 1.54) is 24.3 Å². The lowest BCUT2D eigenvalue weighted by atomic mass is 10.0. The lowest BCUT2D eigenvalue weighted by Crippen LogP contribution is -2.29. The fraction of sp³-hybridized carbons (Fsp3) is 0.0345. The van der Waals surface area contributed by atoms with Crippen LogP contribution in [-0.2, 0) is 6.42 Å². The van der Waals surface area contributed by atoms with Gasteiger partial charge < -0.3 is 0 Å². The third kappa shape index (κ3) is 4.10. The molecule has 41 heavy (non-hydrogen) atoms. The summed E-state index contributed by atoms with van der Waals surface area (Å²) >= 11 is 0. The Hall–Kier alpha value is -6.04. The molecular weight excluding hydrogens is 532 g/mol. The standard InChI is InChI=1S/C29H16N4O8/c34-26-22-11-9-20(32(38)39)14-24(22)28(36)30(26)18-5-1-16(2-6-18)13-17-3-7-19(8-4-17)31-27(35)23-12-10-21(33(40)41)15-25(23)29(31)37/h1-12,14-15H,13H2. The highest BCUT2D eigenvalue weighted by Crippen LogP contribution is 2.33. The van der Waals surface area contributed by atoms with Crippen LogP contribution in [0.1, 0.15) is 52.6 Å². The highest BCUT2D eigenvalue weighted by molar-refractivity contribution is 6.35. The van der Waals surface area contributed by atoms with Gasteiger partial charge in [-0.25, -0.2) is 9.80 Å². The molecule has 12 nitrogen and oxygen atoms in total. The number of anilines is 2. The van der Waals surface area contributed by atoms with Crippen LogP contribution in [-0.4, -0.2) is 33.5 Å². The number of fused-ring (bicyclic) bond motifs is 2. The van der Waals surface area contributed by atoms with Crippen molar-refractivity contribution in [1.82, 2.24) is 0 Å². The Morgan fingerprint density at radius 3 is 1.17 bits per heavy atom. The minimum absolute atomic E-state index is 0.0235. The van der Waals surface area contributed by atoms with Gasteiger partial charge in [0.15, 0.2) is 0 Å². The summed E-state index contributed by atoms with van der Waals surface area (Å²) in [4.78, 5) is 74.2. The van der Waals surface area contributed by atoms with Crippen LogP contribution in [0.3, 0.4) is 0 Å². The SMILES string of the molecule is O=C1c2ccc([N+](=O)[O-])cc2C(=O)N1c1ccc(Cc2ccc(N3C(=O)c4ccc([N+](=O)[O-])cc4C3=O)cc2)cc1. The molecule has 0 saturated carbocycles. The molecule has 0 N–H and O–H groups in total. The minimum Gasteiger partial charge on any atom is -0.268 e. The third-order valence-electron chi connectivity index (χ3n) is 6.96. The van der Waals surface area contributed by atoms with Crippen LogP contribution >= 0.6 is 0 Å². The van der Waals surface area contributed by atoms with Crippen molar-refractivity contribution in [3.05, 3.63) is 139 Å². The second kappa shape index (κ2) is 9.31. The van der Waals surface area contributed by atoms with Gasteiger partial charge in [0, 0.05) is 24.3 Å². The van der Waals surface area contributed by atoms with Crippen LogP contribution in [0.25, 0.3) is 0 Å². The zero-order valence-corrected chi connectivity index (χ0v) is 20.8. The lowest BCUT2D eigenvalue weighted by Gasteiger charge is -2.15. The second-order valence-electron chi connectivity index (χ2n) is 9.38. The van der Waals surface area contributed by atoms with Crippen LogP contribution in [0.5, 0.6) is 0 Å². The number of carbonyl (C=O) groups is 4. The second-order valence-corrected chi connectivity index (χ2v) is 9.38. The monoisotopic (exact) mass is 548 g/mol. The van der Waals surface area contributed by atoms with E-state index in [4.69, 9.17) is 0 Å². The van der Waals surface area contributed by atoms with Crippen molar-refractivity contribution in [3.8, 4) is 0 Å². The normalized spacial score (nSPS) is 14.0. The van der Waals surface area contributed by atoms with Gasteiger partial charge in [-0.1, -0.05) is 24.3 Å². The highest BCUT2D eigenvalue weighted by atomic mass is 16.6. The number of non-ortho nitro benzene ring substituents is 2. The largest absolute Gasteiger partial charge is 0.270 e. The van der Waals surface area contributed by atoms with Crippen molar-refractivity contribution in [2.45, 2.75) is 6.42 Å². The summed E-state index contributed by atoms with van der Waals surface area (Å²) in [5, 5.41) is 22.1. The Bertz CT molecular complexity index is 1710. The molecule has 6 rings (SSSR count). The van der Waals surface area contributed by atoms with E-state index < -0.39 is 33.5 Å². The zero-order valence-electron chi connectivity index (χ0n) is 20.8. The van der Waals surface area contributed by atoms with Gasteiger partial charge in [-0.2, -0.15) is 0 Å². The minimum atomic E-state index is -0.639. The molecule has 0 unspecified atom stereocenters. The fourth-order valence-electron chi connectivity index (χ4n) is 4.92. The van der Waals surface area contributed by atoms with E-state index in [1.807, 2.05) is 0 Å². The number of hydrogen-bond acceptors (Lipinski definition) is 8. The smallest absolute Gasteiger partial charge is 0.268 e. The molecule has 0 aliphatic carbocycles. The Kier molecular flexibility index (Phi) is 5.73. The number of nitro benzene ring substituents is 2. The molecule has 200 valence electrons. The van der Waals surface area contributed by atoms with E-state index in [0.717, 1.165) is 33.1 Å². The number of imide groups is 2. The van der Waals surface area contributed by atoms with Crippen LogP contribution in [0, 0.1) is 20.2 Å². The van der Waals surface area contributed by atoms with Crippen molar-refractivity contribution in [3.63, 3.8) is 0 Å². The lowest BCUT2D eigenvalue weighted by molar-refractivity contribution is -0.385. The molecule has 0 saturated heterocycles. The number of nitro groups is 2. The van der Waals surface area contributed by atoms with E-state index in [1.54, 1.807) is 48.5 Å². The number of hydrogen-bond donors (Lipinski definition) is 0. The molecular formula is C29H16N4O8. The first kappa shape index (κ1) is 25.2. The highest BCUT2D eigenvalue weighted by Gasteiger charge is 2.39. The Morgan fingerprint density at radius 1 is 0.488 bits per heavy atom. The van der Waals surface area contributed by atoms with E-state index in [-0.39, 0.29) is 33.6 Å². The number of nitrogens with zero attached hydrogens (tertiary/aromatic N) is 4. The van der Waals surface area contributed by atoms with Crippen molar-refractivity contribution in [1.29, 1.82) is 0 Å². The summed E-state index contributed by atoms with van der Waals surface area (Å²) in [7, 11) is 0. The predicted octanol–water partition coefficient (Wildman–Crippen LogP) is 4.70. The number of benzene rings is 4. The molecule has 0 bridgehead atoms. The molecule has 2 heterocycles. The van der Waals surface area contributed by atoms with Gasteiger partial charge in [0.25, 0.3) is 35.0 Å². The van der Waals surface area contributed by atoms with Gasteiger partial charge in [0.1, 0.15) is 0 Å². The molecule has 0 aromatic heterocycles. The summed E-state index contributed by atoms with van der Waals surface area (Å²) in [5.41, 5.74) is 1.94. The molecule has 2 aliphatic rings. The molecule has 0 atom stereocenters. The average molecular weight is 548 g/mol. The first-order chi connectivity index (χ1) is 19.6. The van der Waals surface area contributed by atoms with E-state index in [0.29, 0.717) is 17.8 Å².